The predicted molar refractivity (Wildman–Crippen MR) is 47.6 cm³/mol. The highest BCUT2D eigenvalue weighted by molar-refractivity contribution is 7.89. The minimum absolute atomic E-state index is 0.108. The summed E-state index contributed by atoms with van der Waals surface area (Å²) in [6.45, 7) is 0. The Morgan fingerprint density at radius 3 is 2.62 bits per heavy atom. The maximum atomic E-state index is 11.0. The predicted octanol–water partition coefficient (Wildman–Crippen LogP) is 0.606. The summed E-state index contributed by atoms with van der Waals surface area (Å²) in [6.07, 6.45) is 5.22. The molecule has 2 rings (SSSR count). The van der Waals surface area contributed by atoms with Crippen LogP contribution in [0.4, 0.5) is 0 Å². The van der Waals surface area contributed by atoms with Crippen molar-refractivity contribution in [2.45, 2.75) is 23.7 Å². The van der Waals surface area contributed by atoms with Gasteiger partial charge in [0.05, 0.1) is 0 Å². The average Bonchev–Trinajstić information content (AvgIpc) is 2.85. The first kappa shape index (κ1) is 8.65. The molecule has 1 aromatic heterocycles. The van der Waals surface area contributed by atoms with Gasteiger partial charge in [-0.1, -0.05) is 0 Å². The average molecular weight is 198 g/mol. The Balaban J connectivity index is 2.43. The number of hydrogen-bond donors (Lipinski definition) is 1. The molecule has 0 radical (unpaired) electrons. The highest BCUT2D eigenvalue weighted by Crippen LogP contribution is 2.39. The SMILES string of the molecule is NS(=O)(=O)c1cncc(C2CC2)c1. The zero-order chi connectivity index (χ0) is 9.47. The van der Waals surface area contributed by atoms with E-state index < -0.39 is 10.0 Å². The van der Waals surface area contributed by atoms with Crippen molar-refractivity contribution in [1.82, 2.24) is 4.98 Å². The van der Waals surface area contributed by atoms with Gasteiger partial charge >= 0.3 is 0 Å². The van der Waals surface area contributed by atoms with Crippen molar-refractivity contribution in [1.29, 1.82) is 0 Å². The van der Waals surface area contributed by atoms with Crippen LogP contribution in [0.1, 0.15) is 24.3 Å². The Bertz CT molecular complexity index is 424. The fourth-order valence-electron chi connectivity index (χ4n) is 1.23. The van der Waals surface area contributed by atoms with Crippen LogP contribution in [0.2, 0.25) is 0 Å². The summed E-state index contributed by atoms with van der Waals surface area (Å²) in [5.41, 5.74) is 0.978. The second kappa shape index (κ2) is 2.78. The van der Waals surface area contributed by atoms with Crippen molar-refractivity contribution in [3.05, 3.63) is 24.0 Å². The Morgan fingerprint density at radius 1 is 1.38 bits per heavy atom. The van der Waals surface area contributed by atoms with Crippen LogP contribution in [0.25, 0.3) is 0 Å². The lowest BCUT2D eigenvalue weighted by molar-refractivity contribution is 0.597. The third kappa shape index (κ3) is 1.87. The first-order chi connectivity index (χ1) is 6.07. The second-order valence-corrected chi connectivity index (χ2v) is 4.83. The van der Waals surface area contributed by atoms with E-state index in [4.69, 9.17) is 5.14 Å². The van der Waals surface area contributed by atoms with Crippen LogP contribution in [0.5, 0.6) is 0 Å². The molecule has 5 heteroatoms. The van der Waals surface area contributed by atoms with E-state index in [9.17, 15) is 8.42 Å². The molecule has 0 saturated heterocycles. The first-order valence-electron chi connectivity index (χ1n) is 4.05. The molecular weight excluding hydrogens is 188 g/mol. The summed E-state index contributed by atoms with van der Waals surface area (Å²) >= 11 is 0. The first-order valence-corrected chi connectivity index (χ1v) is 5.60. The van der Waals surface area contributed by atoms with Crippen molar-refractivity contribution < 1.29 is 8.42 Å². The summed E-state index contributed by atoms with van der Waals surface area (Å²) < 4.78 is 21.9. The molecule has 1 heterocycles. The van der Waals surface area contributed by atoms with Gasteiger partial charge in [0.2, 0.25) is 10.0 Å². The molecule has 1 aliphatic carbocycles. The van der Waals surface area contributed by atoms with Gasteiger partial charge in [0.15, 0.2) is 0 Å². The van der Waals surface area contributed by atoms with Gasteiger partial charge in [-0.15, -0.1) is 0 Å². The second-order valence-electron chi connectivity index (χ2n) is 3.27. The lowest BCUT2D eigenvalue weighted by Gasteiger charge is -2.00. The largest absolute Gasteiger partial charge is 0.263 e. The van der Waals surface area contributed by atoms with Crippen molar-refractivity contribution >= 4 is 10.0 Å². The lowest BCUT2D eigenvalue weighted by Crippen LogP contribution is -2.12. The molecule has 0 aliphatic heterocycles. The van der Waals surface area contributed by atoms with Gasteiger partial charge in [-0.3, -0.25) is 4.98 Å². The van der Waals surface area contributed by atoms with Crippen LogP contribution < -0.4 is 5.14 Å². The van der Waals surface area contributed by atoms with Crippen LogP contribution >= 0.6 is 0 Å². The molecule has 2 N–H and O–H groups in total. The molecular formula is C8H10N2O2S. The topological polar surface area (TPSA) is 73.1 Å². The van der Waals surface area contributed by atoms with Crippen LogP contribution in [0.15, 0.2) is 23.4 Å². The fourth-order valence-corrected chi connectivity index (χ4v) is 1.74. The Morgan fingerprint density at radius 2 is 2.08 bits per heavy atom. The summed E-state index contributed by atoms with van der Waals surface area (Å²) in [5.74, 6) is 0.495. The summed E-state index contributed by atoms with van der Waals surface area (Å²) in [4.78, 5) is 3.96. The van der Waals surface area contributed by atoms with E-state index in [1.165, 1.54) is 6.20 Å². The van der Waals surface area contributed by atoms with E-state index in [1.54, 1.807) is 12.3 Å². The lowest BCUT2D eigenvalue weighted by atomic mass is 10.2. The zero-order valence-corrected chi connectivity index (χ0v) is 7.79. The van der Waals surface area contributed by atoms with Crippen molar-refractivity contribution in [2.24, 2.45) is 5.14 Å². The van der Waals surface area contributed by atoms with Crippen LogP contribution in [0, 0.1) is 0 Å². The van der Waals surface area contributed by atoms with Crippen LogP contribution in [-0.4, -0.2) is 13.4 Å². The highest BCUT2D eigenvalue weighted by atomic mass is 32.2. The molecule has 1 fully saturated rings. The fraction of sp³-hybridized carbons (Fsp3) is 0.375. The minimum Gasteiger partial charge on any atom is -0.263 e. The molecule has 0 spiro atoms. The van der Waals surface area contributed by atoms with E-state index >= 15 is 0 Å². The third-order valence-corrected chi connectivity index (χ3v) is 2.99. The Hall–Kier alpha value is -0.940. The highest BCUT2D eigenvalue weighted by Gasteiger charge is 2.24. The zero-order valence-electron chi connectivity index (χ0n) is 6.97. The number of aromatic nitrogens is 1. The molecule has 0 aromatic carbocycles. The van der Waals surface area contributed by atoms with Crippen molar-refractivity contribution in [3.8, 4) is 0 Å². The van der Waals surface area contributed by atoms with Crippen molar-refractivity contribution in [2.75, 3.05) is 0 Å². The number of hydrogen-bond acceptors (Lipinski definition) is 3. The Kier molecular flexibility index (Phi) is 1.85. The summed E-state index contributed by atoms with van der Waals surface area (Å²) in [7, 11) is -3.59. The number of pyridine rings is 1. The standard InChI is InChI=1S/C8H10N2O2S/c9-13(11,12)8-3-7(4-10-5-8)6-1-2-6/h3-6H,1-2H2,(H2,9,11,12). The molecule has 0 amide bonds. The molecule has 0 unspecified atom stereocenters. The maximum Gasteiger partial charge on any atom is 0.239 e. The summed E-state index contributed by atoms with van der Waals surface area (Å²) in [6, 6.07) is 1.61. The molecule has 70 valence electrons. The number of nitrogens with two attached hydrogens (primary N) is 1. The molecule has 1 aliphatic rings. The molecule has 0 atom stereocenters. The molecule has 4 nitrogen and oxygen atoms in total. The smallest absolute Gasteiger partial charge is 0.239 e. The van der Waals surface area contributed by atoms with Gasteiger partial charge in [0.25, 0.3) is 0 Å². The molecule has 1 aromatic rings. The van der Waals surface area contributed by atoms with Gasteiger partial charge in [-0.05, 0) is 30.4 Å². The number of nitrogens with zero attached hydrogens (tertiary/aromatic N) is 1. The third-order valence-electron chi connectivity index (χ3n) is 2.11. The van der Waals surface area contributed by atoms with E-state index in [0.717, 1.165) is 18.4 Å². The van der Waals surface area contributed by atoms with Crippen LogP contribution in [0.3, 0.4) is 0 Å². The van der Waals surface area contributed by atoms with Crippen molar-refractivity contribution in [3.63, 3.8) is 0 Å². The summed E-state index contributed by atoms with van der Waals surface area (Å²) in [5, 5.41) is 4.98. The maximum absolute atomic E-state index is 11.0. The Labute approximate surface area is 76.8 Å². The van der Waals surface area contributed by atoms with Gasteiger partial charge < -0.3 is 0 Å². The molecule has 13 heavy (non-hydrogen) atoms. The van der Waals surface area contributed by atoms with E-state index in [1.807, 2.05) is 0 Å². The normalized spacial score (nSPS) is 17.3. The van der Waals surface area contributed by atoms with E-state index in [2.05, 4.69) is 4.98 Å². The van der Waals surface area contributed by atoms with Gasteiger partial charge in [0.1, 0.15) is 4.90 Å². The number of rotatable bonds is 2. The minimum atomic E-state index is -3.59. The molecule has 0 bridgehead atoms. The van der Waals surface area contributed by atoms with Gasteiger partial charge in [0, 0.05) is 12.4 Å². The quantitative estimate of drug-likeness (QED) is 0.756. The molecule has 1 saturated carbocycles. The monoisotopic (exact) mass is 198 g/mol. The van der Waals surface area contributed by atoms with Gasteiger partial charge in [-0.2, -0.15) is 0 Å². The number of primary sulfonamides is 1. The van der Waals surface area contributed by atoms with E-state index in [0.29, 0.717) is 5.92 Å². The van der Waals surface area contributed by atoms with Crippen LogP contribution in [-0.2, 0) is 10.0 Å². The van der Waals surface area contributed by atoms with Gasteiger partial charge in [-0.25, -0.2) is 13.6 Å². The number of sulfonamides is 1. The van der Waals surface area contributed by atoms with E-state index in [-0.39, 0.29) is 4.90 Å².